The average molecular weight is 627 g/mol. The highest BCUT2D eigenvalue weighted by Crippen LogP contribution is 2.33. The number of carbonyl (C=O) groups excluding carboxylic acids is 2. The van der Waals surface area contributed by atoms with Crippen molar-refractivity contribution in [2.45, 2.75) is 44.2 Å². The minimum Gasteiger partial charge on any atom is -0.442 e. The molecule has 4 aromatic rings. The Bertz CT molecular complexity index is 1710. The number of esters is 1. The molecule has 1 aliphatic heterocycles. The van der Waals surface area contributed by atoms with E-state index in [0.29, 0.717) is 5.56 Å². The third-order valence-corrected chi connectivity index (χ3v) is 7.46. The molecule has 230 valence electrons. The summed E-state index contributed by atoms with van der Waals surface area (Å²) in [6.45, 7) is 4.84. The Morgan fingerprint density at radius 2 is 1.74 bits per heavy atom. The lowest BCUT2D eigenvalue weighted by Crippen LogP contribution is -2.58. The third kappa shape index (κ3) is 6.79. The van der Waals surface area contributed by atoms with Gasteiger partial charge in [0.1, 0.15) is 11.1 Å². The lowest BCUT2D eigenvalue weighted by Gasteiger charge is -2.34. The zero-order valence-corrected chi connectivity index (χ0v) is 23.6. The molecule has 0 spiro atoms. The normalized spacial score (nSPS) is 14.7. The van der Waals surface area contributed by atoms with Crippen LogP contribution in [-0.4, -0.2) is 65.7 Å². The molecule has 1 fully saturated rings. The Morgan fingerprint density at radius 3 is 2.35 bits per heavy atom. The molecule has 1 atom stereocenters. The maximum absolute atomic E-state index is 13.5. The second-order valence-electron chi connectivity index (χ2n) is 9.54. The number of sulfonamides is 1. The van der Waals surface area contributed by atoms with Gasteiger partial charge in [0.15, 0.2) is 5.69 Å². The van der Waals surface area contributed by atoms with E-state index in [9.17, 15) is 31.2 Å². The molecular formula is C25H25F3N6O8S. The molecule has 1 aliphatic rings. The minimum atomic E-state index is -4.70. The van der Waals surface area contributed by atoms with Gasteiger partial charge in [-0.05, 0) is 37.3 Å². The van der Waals surface area contributed by atoms with Crippen LogP contribution in [0, 0.1) is 6.92 Å². The number of alkyl halides is 3. The van der Waals surface area contributed by atoms with Crippen molar-refractivity contribution in [3.63, 3.8) is 0 Å². The van der Waals surface area contributed by atoms with Crippen LogP contribution in [0.5, 0.6) is 0 Å². The molecule has 0 aliphatic carbocycles. The van der Waals surface area contributed by atoms with E-state index < -0.39 is 46.4 Å². The molecular weight excluding hydrogens is 601 g/mol. The van der Waals surface area contributed by atoms with Gasteiger partial charge in [0, 0.05) is 19.4 Å². The van der Waals surface area contributed by atoms with Gasteiger partial charge in [0.25, 0.3) is 16.3 Å². The Morgan fingerprint density at radius 1 is 1.09 bits per heavy atom. The highest BCUT2D eigenvalue weighted by atomic mass is 32.2. The Labute approximate surface area is 242 Å². The quantitative estimate of drug-likeness (QED) is 0.217. The van der Waals surface area contributed by atoms with Crippen molar-refractivity contribution in [2.75, 3.05) is 18.1 Å². The number of amides is 1. The SMILES string of the molecule is CC(=O)OC(C)On1on1N1CC(OC(=O)NS(=O)(=O)c2ccc(-n3nc(C(F)(F)F)cc3-c3ccc(C)cc3)cc2)C1. The summed E-state index contributed by atoms with van der Waals surface area (Å²) in [5.74, 6) is -0.542. The number of ether oxygens (including phenoxy) is 2. The molecule has 5 rings (SSSR count). The van der Waals surface area contributed by atoms with Crippen molar-refractivity contribution in [2.24, 2.45) is 0 Å². The van der Waals surface area contributed by atoms with Crippen LogP contribution in [0.25, 0.3) is 16.9 Å². The van der Waals surface area contributed by atoms with Crippen molar-refractivity contribution in [3.05, 3.63) is 65.9 Å². The number of hydrogen-bond acceptors (Lipinski definition) is 10. The van der Waals surface area contributed by atoms with E-state index in [1.54, 1.807) is 34.0 Å². The van der Waals surface area contributed by atoms with Crippen molar-refractivity contribution < 1.29 is 50.1 Å². The van der Waals surface area contributed by atoms with Crippen LogP contribution in [0.1, 0.15) is 25.1 Å². The highest BCUT2D eigenvalue weighted by molar-refractivity contribution is 7.90. The zero-order chi connectivity index (χ0) is 31.1. The second kappa shape index (κ2) is 11.1. The molecule has 0 bridgehead atoms. The van der Waals surface area contributed by atoms with Gasteiger partial charge in [-0.15, -0.1) is 0 Å². The third-order valence-electron chi connectivity index (χ3n) is 6.13. The smallest absolute Gasteiger partial charge is 0.435 e. The number of halogens is 3. The molecule has 1 N–H and O–H groups in total. The highest BCUT2D eigenvalue weighted by Gasteiger charge is 2.38. The van der Waals surface area contributed by atoms with Gasteiger partial charge >= 0.3 is 18.2 Å². The van der Waals surface area contributed by atoms with E-state index in [1.165, 1.54) is 30.9 Å². The summed E-state index contributed by atoms with van der Waals surface area (Å²) in [4.78, 5) is 29.2. The Hall–Kier alpha value is -4.87. The first kappa shape index (κ1) is 29.6. The molecule has 14 nitrogen and oxygen atoms in total. The van der Waals surface area contributed by atoms with E-state index in [4.69, 9.17) is 18.9 Å². The van der Waals surface area contributed by atoms with E-state index in [-0.39, 0.29) is 29.4 Å². The molecule has 1 unspecified atom stereocenters. The van der Waals surface area contributed by atoms with Crippen molar-refractivity contribution >= 4 is 22.1 Å². The lowest BCUT2D eigenvalue weighted by atomic mass is 10.1. The van der Waals surface area contributed by atoms with E-state index in [0.717, 1.165) is 33.5 Å². The average Bonchev–Trinajstić information content (AvgIpc) is 3.46. The molecule has 0 saturated carbocycles. The summed E-state index contributed by atoms with van der Waals surface area (Å²) in [5.41, 5.74) is 0.604. The first-order chi connectivity index (χ1) is 20.2. The maximum Gasteiger partial charge on any atom is 0.435 e. The number of rotatable bonds is 9. The molecule has 2 aromatic carbocycles. The monoisotopic (exact) mass is 626 g/mol. The van der Waals surface area contributed by atoms with Crippen LogP contribution < -0.4 is 14.6 Å². The summed E-state index contributed by atoms with van der Waals surface area (Å²) in [6.07, 6.45) is -7.50. The van der Waals surface area contributed by atoms with Crippen LogP contribution in [-0.2, 0) is 30.5 Å². The number of aryl methyl sites for hydroxylation is 1. The van der Waals surface area contributed by atoms with Crippen LogP contribution in [0.2, 0.25) is 0 Å². The lowest BCUT2D eigenvalue weighted by molar-refractivity contribution is -0.178. The maximum atomic E-state index is 13.5. The Kier molecular flexibility index (Phi) is 7.63. The number of aromatic nitrogens is 4. The summed E-state index contributed by atoms with van der Waals surface area (Å²) in [5, 5.41) is 6.19. The van der Waals surface area contributed by atoms with Gasteiger partial charge in [-0.3, -0.25) is 9.80 Å². The van der Waals surface area contributed by atoms with Crippen molar-refractivity contribution in [3.8, 4) is 16.9 Å². The number of hydrogen-bond donors (Lipinski definition) is 1. The van der Waals surface area contributed by atoms with Gasteiger partial charge in [-0.2, -0.15) is 22.9 Å². The fourth-order valence-corrected chi connectivity index (χ4v) is 4.91. The van der Waals surface area contributed by atoms with Crippen molar-refractivity contribution in [1.82, 2.24) is 24.5 Å². The van der Waals surface area contributed by atoms with Gasteiger partial charge < -0.3 is 14.3 Å². The topological polar surface area (TPSA) is 152 Å². The molecule has 3 heterocycles. The summed E-state index contributed by atoms with van der Waals surface area (Å²) in [6, 6.07) is 12.5. The first-order valence-corrected chi connectivity index (χ1v) is 14.1. The predicted molar refractivity (Wildman–Crippen MR) is 140 cm³/mol. The van der Waals surface area contributed by atoms with E-state index >= 15 is 0 Å². The molecule has 2 aromatic heterocycles. The summed E-state index contributed by atoms with van der Waals surface area (Å²) < 4.78 is 83.7. The van der Waals surface area contributed by atoms with E-state index in [2.05, 4.69) is 5.10 Å². The van der Waals surface area contributed by atoms with Gasteiger partial charge in [0.05, 0.1) is 34.3 Å². The second-order valence-corrected chi connectivity index (χ2v) is 11.2. The van der Waals surface area contributed by atoms with Gasteiger partial charge in [0.2, 0.25) is 0 Å². The summed E-state index contributed by atoms with van der Waals surface area (Å²) >= 11 is 0. The minimum absolute atomic E-state index is 0.150. The first-order valence-electron chi connectivity index (χ1n) is 12.6. The standard InChI is InChI=1S/C25H25F3N6O8S/c1-15-4-6-18(7-5-15)22-12-23(25(26,27)28)29-32(22)19-8-10-21(11-9-19)43(37,38)30-24(36)40-20-13-31(14-20)33-34(42-33)41-17(3)39-16(2)35/h4-12,17,20H,13-14H2,1-3H3,(H,30,36). The molecule has 1 saturated heterocycles. The molecule has 18 heteroatoms. The van der Waals surface area contributed by atoms with Gasteiger partial charge in [-0.1, -0.05) is 29.8 Å². The zero-order valence-electron chi connectivity index (χ0n) is 22.8. The number of nitrogens with one attached hydrogen (secondary N) is 1. The fraction of sp³-hybridized carbons (Fsp3) is 0.320. The molecule has 43 heavy (non-hydrogen) atoms. The van der Waals surface area contributed by atoms with Crippen LogP contribution >= 0.6 is 0 Å². The van der Waals surface area contributed by atoms with Crippen molar-refractivity contribution in [1.29, 1.82) is 0 Å². The number of nitrogens with zero attached hydrogens (tertiary/aromatic N) is 5. The molecule has 1 amide bonds. The summed E-state index contributed by atoms with van der Waals surface area (Å²) in [7, 11) is -4.38. The van der Waals surface area contributed by atoms with Crippen LogP contribution in [0.3, 0.4) is 0 Å². The largest absolute Gasteiger partial charge is 0.442 e. The van der Waals surface area contributed by atoms with Crippen LogP contribution in [0.15, 0.2) is 64.1 Å². The molecule has 0 radical (unpaired) electrons. The number of carbonyl (C=O) groups is 2. The fourth-order valence-electron chi connectivity index (χ4n) is 4.03. The van der Waals surface area contributed by atoms with Crippen LogP contribution in [0.4, 0.5) is 18.0 Å². The number of benzene rings is 2. The van der Waals surface area contributed by atoms with Gasteiger partial charge in [-0.25, -0.2) is 22.6 Å². The predicted octanol–water partition coefficient (Wildman–Crippen LogP) is 2.84. The van der Waals surface area contributed by atoms with E-state index in [1.807, 2.05) is 6.92 Å². The Balaban J connectivity index is 1.20.